The predicted molar refractivity (Wildman–Crippen MR) is 79.6 cm³/mol. The summed E-state index contributed by atoms with van der Waals surface area (Å²) in [6, 6.07) is 1.93. The van der Waals surface area contributed by atoms with Crippen molar-refractivity contribution >= 4 is 39.8 Å². The third kappa shape index (κ3) is 2.82. The van der Waals surface area contributed by atoms with Crippen molar-refractivity contribution in [2.24, 2.45) is 0 Å². The lowest BCUT2D eigenvalue weighted by Gasteiger charge is -2.47. The van der Waals surface area contributed by atoms with E-state index >= 15 is 0 Å². The molecule has 94 valence electrons. The zero-order chi connectivity index (χ0) is 12.5. The van der Waals surface area contributed by atoms with Gasteiger partial charge in [0.2, 0.25) is 0 Å². The van der Waals surface area contributed by atoms with Gasteiger partial charge in [0.1, 0.15) is 0 Å². The molecule has 1 heterocycles. The Balaban J connectivity index is 1.92. The van der Waals surface area contributed by atoms with Gasteiger partial charge in [-0.1, -0.05) is 0 Å². The third-order valence-corrected chi connectivity index (χ3v) is 5.43. The van der Waals surface area contributed by atoms with Gasteiger partial charge in [0.15, 0.2) is 0 Å². The number of rotatable bonds is 4. The molecule has 0 aliphatic heterocycles. The Bertz CT molecular complexity index is 412. The first-order valence-electron chi connectivity index (χ1n) is 5.73. The highest BCUT2D eigenvalue weighted by Crippen LogP contribution is 2.35. The Morgan fingerprint density at radius 3 is 2.71 bits per heavy atom. The van der Waals surface area contributed by atoms with Crippen LogP contribution >= 0.6 is 33.9 Å². The molecule has 1 aromatic heterocycles. The van der Waals surface area contributed by atoms with Crippen molar-refractivity contribution in [3.05, 3.63) is 19.9 Å². The number of halogens is 1. The molecule has 1 fully saturated rings. The molecule has 1 amide bonds. The number of likely N-dealkylation sites (N-methyl/N-ethyl adjacent to an activating group) is 1. The highest BCUT2D eigenvalue weighted by atomic mass is 127. The molecule has 0 bridgehead atoms. The number of amides is 1. The fourth-order valence-electron chi connectivity index (χ4n) is 2.14. The Morgan fingerprint density at radius 2 is 2.29 bits per heavy atom. The molecule has 2 rings (SSSR count). The van der Waals surface area contributed by atoms with E-state index in [9.17, 15) is 4.79 Å². The first-order chi connectivity index (χ1) is 8.03. The van der Waals surface area contributed by atoms with E-state index < -0.39 is 0 Å². The maximum Gasteiger partial charge on any atom is 0.252 e. The second kappa shape index (κ2) is 5.24. The molecular formula is C12H17IN2OS. The summed E-state index contributed by atoms with van der Waals surface area (Å²) in [5.41, 5.74) is 0.978. The smallest absolute Gasteiger partial charge is 0.252 e. The molecule has 1 aromatic rings. The molecule has 0 aromatic carbocycles. The van der Waals surface area contributed by atoms with E-state index in [4.69, 9.17) is 0 Å². The van der Waals surface area contributed by atoms with E-state index in [0.717, 1.165) is 15.0 Å². The second-order valence-electron chi connectivity index (χ2n) is 4.79. The first kappa shape index (κ1) is 13.3. The minimum absolute atomic E-state index is 0.0530. The van der Waals surface area contributed by atoms with Crippen molar-refractivity contribution in [2.75, 3.05) is 20.6 Å². The van der Waals surface area contributed by atoms with Gasteiger partial charge in [-0.2, -0.15) is 0 Å². The number of carbonyl (C=O) groups is 1. The molecule has 3 nitrogen and oxygen atoms in total. The van der Waals surface area contributed by atoms with Crippen LogP contribution in [0.4, 0.5) is 0 Å². The van der Waals surface area contributed by atoms with Gasteiger partial charge < -0.3 is 10.2 Å². The molecule has 5 heteroatoms. The lowest BCUT2D eigenvalue weighted by Crippen LogP contribution is -2.57. The standard InChI is InChI=1S/C12H17IN2OS/c1-15(2)12(4-3-5-12)8-14-11(16)9-6-10(13)17-7-9/h6-7H,3-5,8H2,1-2H3,(H,14,16). The highest BCUT2D eigenvalue weighted by molar-refractivity contribution is 14.1. The molecular weight excluding hydrogens is 347 g/mol. The molecule has 1 aliphatic carbocycles. The minimum Gasteiger partial charge on any atom is -0.350 e. The zero-order valence-electron chi connectivity index (χ0n) is 10.1. The summed E-state index contributed by atoms with van der Waals surface area (Å²) in [5, 5.41) is 4.98. The van der Waals surface area contributed by atoms with E-state index in [1.807, 2.05) is 11.4 Å². The predicted octanol–water partition coefficient (Wildman–Crippen LogP) is 2.57. The molecule has 0 spiro atoms. The molecule has 0 saturated heterocycles. The van der Waals surface area contributed by atoms with Gasteiger partial charge >= 0.3 is 0 Å². The van der Waals surface area contributed by atoms with Gasteiger partial charge in [-0.15, -0.1) is 11.3 Å². The lowest BCUT2D eigenvalue weighted by molar-refractivity contribution is 0.0558. The fraction of sp³-hybridized carbons (Fsp3) is 0.583. The number of hydrogen-bond acceptors (Lipinski definition) is 3. The molecule has 0 radical (unpaired) electrons. The monoisotopic (exact) mass is 364 g/mol. The zero-order valence-corrected chi connectivity index (χ0v) is 13.1. The molecule has 0 atom stereocenters. The van der Waals surface area contributed by atoms with Crippen molar-refractivity contribution in [2.45, 2.75) is 24.8 Å². The third-order valence-electron chi connectivity index (χ3n) is 3.64. The van der Waals surface area contributed by atoms with E-state index in [0.29, 0.717) is 0 Å². The van der Waals surface area contributed by atoms with Crippen molar-refractivity contribution in [1.82, 2.24) is 10.2 Å². The van der Waals surface area contributed by atoms with Gasteiger partial charge in [0, 0.05) is 17.5 Å². The molecule has 1 aliphatic rings. The van der Waals surface area contributed by atoms with Crippen LogP contribution in [0.2, 0.25) is 0 Å². The number of thiophene rings is 1. The molecule has 0 unspecified atom stereocenters. The van der Waals surface area contributed by atoms with Crippen LogP contribution in [0.25, 0.3) is 0 Å². The van der Waals surface area contributed by atoms with E-state index in [2.05, 4.69) is 46.9 Å². The maximum atomic E-state index is 11.9. The van der Waals surface area contributed by atoms with Crippen LogP contribution in [-0.4, -0.2) is 37.0 Å². The topological polar surface area (TPSA) is 32.3 Å². The highest BCUT2D eigenvalue weighted by Gasteiger charge is 2.39. The largest absolute Gasteiger partial charge is 0.350 e. The first-order valence-corrected chi connectivity index (χ1v) is 7.69. The lowest BCUT2D eigenvalue weighted by atomic mass is 9.75. The van der Waals surface area contributed by atoms with Gasteiger partial charge in [-0.25, -0.2) is 0 Å². The Labute approximate surface area is 120 Å². The van der Waals surface area contributed by atoms with Gasteiger partial charge in [0.05, 0.1) is 8.45 Å². The number of nitrogens with zero attached hydrogens (tertiary/aromatic N) is 1. The summed E-state index contributed by atoms with van der Waals surface area (Å²) in [7, 11) is 4.19. The molecule has 1 saturated carbocycles. The number of hydrogen-bond donors (Lipinski definition) is 1. The van der Waals surface area contributed by atoms with Crippen LogP contribution in [0.15, 0.2) is 11.4 Å². The van der Waals surface area contributed by atoms with Crippen molar-refractivity contribution in [3.63, 3.8) is 0 Å². The van der Waals surface area contributed by atoms with Gasteiger partial charge in [0.25, 0.3) is 5.91 Å². The summed E-state index contributed by atoms with van der Waals surface area (Å²) in [4.78, 5) is 14.2. The number of carbonyl (C=O) groups excluding carboxylic acids is 1. The minimum atomic E-state index is 0.0530. The second-order valence-corrected chi connectivity index (χ2v) is 7.60. The maximum absolute atomic E-state index is 11.9. The summed E-state index contributed by atoms with van der Waals surface area (Å²) in [6.45, 7) is 0.755. The molecule has 17 heavy (non-hydrogen) atoms. The van der Waals surface area contributed by atoms with E-state index in [1.54, 1.807) is 11.3 Å². The summed E-state index contributed by atoms with van der Waals surface area (Å²) >= 11 is 3.85. The molecule has 1 N–H and O–H groups in total. The van der Waals surface area contributed by atoms with Crippen LogP contribution in [-0.2, 0) is 0 Å². The van der Waals surface area contributed by atoms with Crippen LogP contribution in [0.3, 0.4) is 0 Å². The Morgan fingerprint density at radius 1 is 1.59 bits per heavy atom. The van der Waals surface area contributed by atoms with Crippen molar-refractivity contribution < 1.29 is 4.79 Å². The number of nitrogens with one attached hydrogen (secondary N) is 1. The van der Waals surface area contributed by atoms with Gasteiger partial charge in [-0.3, -0.25) is 4.79 Å². The van der Waals surface area contributed by atoms with E-state index in [1.165, 1.54) is 19.3 Å². The summed E-state index contributed by atoms with van der Waals surface area (Å²) < 4.78 is 1.15. The van der Waals surface area contributed by atoms with Crippen LogP contribution in [0.5, 0.6) is 0 Å². The average molecular weight is 364 g/mol. The van der Waals surface area contributed by atoms with Crippen LogP contribution in [0, 0.1) is 2.88 Å². The van der Waals surface area contributed by atoms with E-state index in [-0.39, 0.29) is 11.4 Å². The Hall–Kier alpha value is -0.140. The Kier molecular flexibility index (Phi) is 4.10. The van der Waals surface area contributed by atoms with Gasteiger partial charge in [-0.05, 0) is 62.0 Å². The quantitative estimate of drug-likeness (QED) is 0.833. The SMILES string of the molecule is CN(C)C1(CNC(=O)c2csc(I)c2)CCC1. The van der Waals surface area contributed by atoms with Crippen LogP contribution in [0.1, 0.15) is 29.6 Å². The average Bonchev–Trinajstić information content (AvgIpc) is 2.62. The summed E-state index contributed by atoms with van der Waals surface area (Å²) in [5.74, 6) is 0.0530. The van der Waals surface area contributed by atoms with Crippen molar-refractivity contribution in [1.29, 1.82) is 0 Å². The van der Waals surface area contributed by atoms with Crippen LogP contribution < -0.4 is 5.32 Å². The fourth-order valence-corrected chi connectivity index (χ4v) is 3.47. The summed E-state index contributed by atoms with van der Waals surface area (Å²) in [6.07, 6.45) is 3.63. The normalized spacial score (nSPS) is 17.9. The van der Waals surface area contributed by atoms with Crippen molar-refractivity contribution in [3.8, 4) is 0 Å².